The van der Waals surface area contributed by atoms with E-state index in [2.05, 4.69) is 4.98 Å². The summed E-state index contributed by atoms with van der Waals surface area (Å²) in [5.74, 6) is 0. The first-order valence-corrected chi connectivity index (χ1v) is 10.3. The molecule has 1 aromatic heterocycles. The summed E-state index contributed by atoms with van der Waals surface area (Å²) in [5.41, 5.74) is 1.05. The summed E-state index contributed by atoms with van der Waals surface area (Å²) < 4.78 is 32.9. The van der Waals surface area contributed by atoms with Crippen molar-refractivity contribution >= 4 is 21.4 Å². The van der Waals surface area contributed by atoms with Crippen molar-refractivity contribution in [3.8, 4) is 0 Å². The first-order chi connectivity index (χ1) is 13.4. The Morgan fingerprint density at radius 1 is 1.25 bits per heavy atom. The van der Waals surface area contributed by atoms with E-state index in [1.807, 2.05) is 18.2 Å². The highest BCUT2D eigenvalue weighted by Gasteiger charge is 2.31. The number of aromatic nitrogens is 1. The van der Waals surface area contributed by atoms with Crippen LogP contribution in [0.5, 0.6) is 0 Å². The van der Waals surface area contributed by atoms with E-state index >= 15 is 0 Å². The van der Waals surface area contributed by atoms with Gasteiger partial charge in [-0.3, -0.25) is 15.1 Å². The van der Waals surface area contributed by atoms with Crippen LogP contribution in [0.1, 0.15) is 5.69 Å². The minimum atomic E-state index is -3.89. The Bertz CT molecular complexity index is 930. The smallest absolute Gasteiger partial charge is 0.270 e. The van der Waals surface area contributed by atoms with Crippen molar-refractivity contribution < 1.29 is 18.1 Å². The Kier molecular flexibility index (Phi) is 6.22. The Balaban J connectivity index is 1.92. The van der Waals surface area contributed by atoms with E-state index in [9.17, 15) is 18.5 Å². The van der Waals surface area contributed by atoms with Gasteiger partial charge in [0.05, 0.1) is 23.8 Å². The number of morpholine rings is 1. The lowest BCUT2D eigenvalue weighted by Crippen LogP contribution is -2.41. The normalized spacial score (nSPS) is 15.3. The van der Waals surface area contributed by atoms with Gasteiger partial charge in [0.25, 0.3) is 5.69 Å². The van der Waals surface area contributed by atoms with Gasteiger partial charge in [-0.2, -0.15) is 4.31 Å². The third-order valence-corrected chi connectivity index (χ3v) is 6.51. The van der Waals surface area contributed by atoms with Gasteiger partial charge in [0.15, 0.2) is 0 Å². The molecule has 9 nitrogen and oxygen atoms in total. The molecule has 0 radical (unpaired) electrons. The number of rotatable bonds is 7. The molecule has 1 aliphatic rings. The van der Waals surface area contributed by atoms with Crippen molar-refractivity contribution in [2.45, 2.75) is 11.3 Å². The number of nitro benzene ring substituents is 1. The summed E-state index contributed by atoms with van der Waals surface area (Å²) in [4.78, 5) is 16.6. The van der Waals surface area contributed by atoms with Crippen molar-refractivity contribution in [2.24, 2.45) is 0 Å². The predicted octanol–water partition coefficient (Wildman–Crippen LogP) is 1.69. The number of pyridine rings is 1. The van der Waals surface area contributed by atoms with Crippen LogP contribution in [0, 0.1) is 10.1 Å². The largest absolute Gasteiger partial charge is 0.379 e. The molecule has 3 rings (SSSR count). The van der Waals surface area contributed by atoms with E-state index in [1.54, 1.807) is 18.1 Å². The van der Waals surface area contributed by atoms with Gasteiger partial charge in [0, 0.05) is 57.1 Å². The van der Waals surface area contributed by atoms with Gasteiger partial charge < -0.3 is 9.64 Å². The van der Waals surface area contributed by atoms with Crippen molar-refractivity contribution in [1.29, 1.82) is 0 Å². The first-order valence-electron chi connectivity index (χ1n) is 8.87. The maximum Gasteiger partial charge on any atom is 0.270 e. The van der Waals surface area contributed by atoms with E-state index in [0.29, 0.717) is 31.9 Å². The third kappa shape index (κ3) is 4.46. The molecule has 0 spiro atoms. The lowest BCUT2D eigenvalue weighted by atomic mass is 10.2. The highest BCUT2D eigenvalue weighted by Crippen LogP contribution is 2.31. The summed E-state index contributed by atoms with van der Waals surface area (Å²) in [7, 11) is -2.12. The number of hydrogen-bond acceptors (Lipinski definition) is 7. The standard InChI is InChI=1S/C18H22N4O5S/c1-20(9-7-15-4-2-3-8-19-15)17-6-5-16(22(23)24)14-18(17)28(25,26)21-10-12-27-13-11-21/h2-6,8,14H,7,9-13H2,1H3. The molecule has 1 aliphatic heterocycles. The molecule has 0 aliphatic carbocycles. The molecule has 0 atom stereocenters. The molecule has 10 heteroatoms. The van der Waals surface area contributed by atoms with Gasteiger partial charge >= 0.3 is 0 Å². The number of hydrogen-bond donors (Lipinski definition) is 0. The summed E-state index contributed by atoms with van der Waals surface area (Å²) in [6.07, 6.45) is 2.32. The maximum atomic E-state index is 13.2. The number of non-ortho nitro benzene ring substituents is 1. The summed E-state index contributed by atoms with van der Waals surface area (Å²) in [5, 5.41) is 11.2. The van der Waals surface area contributed by atoms with Crippen LogP contribution in [0.3, 0.4) is 0 Å². The Labute approximate surface area is 163 Å². The zero-order chi connectivity index (χ0) is 20.1. The molecule has 28 heavy (non-hydrogen) atoms. The van der Waals surface area contributed by atoms with E-state index in [1.165, 1.54) is 16.4 Å². The van der Waals surface area contributed by atoms with Crippen LogP contribution in [-0.4, -0.2) is 62.5 Å². The molecule has 0 unspecified atom stereocenters. The molecule has 1 fully saturated rings. The van der Waals surface area contributed by atoms with Crippen LogP contribution in [0.4, 0.5) is 11.4 Å². The van der Waals surface area contributed by atoms with Gasteiger partial charge in [-0.25, -0.2) is 8.42 Å². The number of likely N-dealkylation sites (N-methyl/N-ethyl adjacent to an activating group) is 1. The molecule has 0 bridgehead atoms. The highest BCUT2D eigenvalue weighted by atomic mass is 32.2. The number of anilines is 1. The molecule has 1 aromatic carbocycles. The molecule has 1 saturated heterocycles. The maximum absolute atomic E-state index is 13.2. The molecule has 0 N–H and O–H groups in total. The highest BCUT2D eigenvalue weighted by molar-refractivity contribution is 7.89. The van der Waals surface area contributed by atoms with Crippen LogP contribution < -0.4 is 4.90 Å². The molecule has 150 valence electrons. The third-order valence-electron chi connectivity index (χ3n) is 4.58. The summed E-state index contributed by atoms with van der Waals surface area (Å²) in [6, 6.07) is 9.57. The minimum absolute atomic E-state index is 0.0629. The van der Waals surface area contributed by atoms with Crippen molar-refractivity contribution in [3.63, 3.8) is 0 Å². The van der Waals surface area contributed by atoms with Crippen LogP contribution >= 0.6 is 0 Å². The van der Waals surface area contributed by atoms with Gasteiger partial charge in [0.2, 0.25) is 10.0 Å². The van der Waals surface area contributed by atoms with Crippen molar-refractivity contribution in [2.75, 3.05) is 44.8 Å². The fourth-order valence-corrected chi connectivity index (χ4v) is 4.68. The first kappa shape index (κ1) is 20.2. The zero-order valence-electron chi connectivity index (χ0n) is 15.5. The van der Waals surface area contributed by atoms with Gasteiger partial charge in [0.1, 0.15) is 4.90 Å². The Morgan fingerprint density at radius 3 is 2.64 bits per heavy atom. The predicted molar refractivity (Wildman–Crippen MR) is 104 cm³/mol. The molecule has 0 amide bonds. The average molecular weight is 406 g/mol. The lowest BCUT2D eigenvalue weighted by molar-refractivity contribution is -0.385. The van der Waals surface area contributed by atoms with E-state index in [0.717, 1.165) is 11.8 Å². The molecule has 2 aromatic rings. The van der Waals surface area contributed by atoms with E-state index < -0.39 is 14.9 Å². The fraction of sp³-hybridized carbons (Fsp3) is 0.389. The zero-order valence-corrected chi connectivity index (χ0v) is 16.3. The second-order valence-electron chi connectivity index (χ2n) is 6.42. The molecule has 0 saturated carbocycles. The van der Waals surface area contributed by atoms with E-state index in [4.69, 9.17) is 4.74 Å². The van der Waals surface area contributed by atoms with Crippen LogP contribution in [-0.2, 0) is 21.2 Å². The fourth-order valence-electron chi connectivity index (χ4n) is 3.01. The Hall–Kier alpha value is -2.56. The van der Waals surface area contributed by atoms with E-state index in [-0.39, 0.29) is 23.7 Å². The number of sulfonamides is 1. The van der Waals surface area contributed by atoms with Crippen LogP contribution in [0.25, 0.3) is 0 Å². The van der Waals surface area contributed by atoms with Gasteiger partial charge in [-0.1, -0.05) is 6.07 Å². The topological polar surface area (TPSA) is 106 Å². The molecule has 2 heterocycles. The monoisotopic (exact) mass is 406 g/mol. The SMILES string of the molecule is CN(CCc1ccccn1)c1ccc([N+](=O)[O-])cc1S(=O)(=O)N1CCOCC1. The van der Waals surface area contributed by atoms with Gasteiger partial charge in [-0.15, -0.1) is 0 Å². The molecular weight excluding hydrogens is 384 g/mol. The number of nitro groups is 1. The summed E-state index contributed by atoms with van der Waals surface area (Å²) in [6.45, 7) is 1.57. The number of benzene rings is 1. The van der Waals surface area contributed by atoms with Crippen LogP contribution in [0.2, 0.25) is 0 Å². The second-order valence-corrected chi connectivity index (χ2v) is 8.32. The summed E-state index contributed by atoms with van der Waals surface area (Å²) >= 11 is 0. The van der Waals surface area contributed by atoms with Gasteiger partial charge in [-0.05, 0) is 18.2 Å². The second kappa shape index (κ2) is 8.63. The lowest BCUT2D eigenvalue weighted by Gasteiger charge is -2.29. The quantitative estimate of drug-likeness (QED) is 0.509. The number of ether oxygens (including phenoxy) is 1. The minimum Gasteiger partial charge on any atom is -0.379 e. The average Bonchev–Trinajstić information content (AvgIpc) is 2.73. The van der Waals surface area contributed by atoms with Crippen molar-refractivity contribution in [1.82, 2.24) is 9.29 Å². The number of nitrogens with zero attached hydrogens (tertiary/aromatic N) is 4. The van der Waals surface area contributed by atoms with Crippen molar-refractivity contribution in [3.05, 3.63) is 58.4 Å². The molecular formula is C18H22N4O5S. The van der Waals surface area contributed by atoms with Crippen LogP contribution in [0.15, 0.2) is 47.5 Å². The Morgan fingerprint density at radius 2 is 2.00 bits per heavy atom.